The van der Waals surface area contributed by atoms with E-state index in [1.54, 1.807) is 0 Å². The van der Waals surface area contributed by atoms with E-state index >= 15 is 0 Å². The van der Waals surface area contributed by atoms with Crippen LogP contribution in [0.15, 0.2) is 12.2 Å². The van der Waals surface area contributed by atoms with Crippen molar-refractivity contribution in [1.82, 2.24) is 0 Å². The molecule has 1 aliphatic carbocycles. The molecule has 0 aliphatic heterocycles. The van der Waals surface area contributed by atoms with Crippen molar-refractivity contribution >= 4 is 0 Å². The van der Waals surface area contributed by atoms with Crippen molar-refractivity contribution in [1.29, 1.82) is 0 Å². The summed E-state index contributed by atoms with van der Waals surface area (Å²) in [5, 5.41) is 9.06. The first-order valence-electron chi connectivity index (χ1n) is 4.64. The smallest absolute Gasteiger partial charge is 0.0512 e. The summed E-state index contributed by atoms with van der Waals surface area (Å²) in [5.74, 6) is 0.748. The van der Waals surface area contributed by atoms with E-state index in [2.05, 4.69) is 12.2 Å². The lowest BCUT2D eigenvalue weighted by Gasteiger charge is -2.16. The summed E-state index contributed by atoms with van der Waals surface area (Å²) in [6.45, 7) is 1.87. The molecule has 1 aliphatic rings. The van der Waals surface area contributed by atoms with Gasteiger partial charge >= 0.3 is 0 Å². The van der Waals surface area contributed by atoms with E-state index in [4.69, 9.17) is 5.11 Å². The van der Waals surface area contributed by atoms with Crippen LogP contribution in [0.2, 0.25) is 0 Å². The van der Waals surface area contributed by atoms with Gasteiger partial charge in [0, 0.05) is 0 Å². The van der Waals surface area contributed by atoms with Crippen molar-refractivity contribution in [2.24, 2.45) is 5.92 Å². The molecular weight excluding hydrogens is 136 g/mol. The second-order valence-electron chi connectivity index (χ2n) is 3.55. The maximum absolute atomic E-state index is 9.06. The standard InChI is InChI=1S/C10H18O/c1-9(11)7-8-10-5-3-2-4-6-10/h3,5,9-11H,2,4,6-8H2,1H3. The predicted octanol–water partition coefficient (Wildman–Crippen LogP) is 2.50. The van der Waals surface area contributed by atoms with Crippen LogP contribution >= 0.6 is 0 Å². The highest BCUT2D eigenvalue weighted by Crippen LogP contribution is 2.21. The first-order valence-corrected chi connectivity index (χ1v) is 4.64. The summed E-state index contributed by atoms with van der Waals surface area (Å²) in [7, 11) is 0. The second-order valence-corrected chi connectivity index (χ2v) is 3.55. The minimum atomic E-state index is -0.120. The Bertz CT molecular complexity index is 127. The Balaban J connectivity index is 2.15. The van der Waals surface area contributed by atoms with Crippen molar-refractivity contribution < 1.29 is 5.11 Å². The van der Waals surface area contributed by atoms with Crippen LogP contribution in [0.5, 0.6) is 0 Å². The van der Waals surface area contributed by atoms with Gasteiger partial charge in [-0.25, -0.2) is 0 Å². The predicted molar refractivity (Wildman–Crippen MR) is 47.4 cm³/mol. The monoisotopic (exact) mass is 154 g/mol. The van der Waals surface area contributed by atoms with Crippen molar-refractivity contribution in [3.8, 4) is 0 Å². The number of allylic oxidation sites excluding steroid dienone is 2. The highest BCUT2D eigenvalue weighted by Gasteiger charge is 2.08. The number of aliphatic hydroxyl groups is 1. The van der Waals surface area contributed by atoms with Gasteiger partial charge in [-0.15, -0.1) is 0 Å². The summed E-state index contributed by atoms with van der Waals surface area (Å²) in [6.07, 6.45) is 10.5. The molecule has 11 heavy (non-hydrogen) atoms. The number of hydrogen-bond donors (Lipinski definition) is 1. The summed E-state index contributed by atoms with van der Waals surface area (Å²) in [5.41, 5.74) is 0. The molecule has 1 rings (SSSR count). The van der Waals surface area contributed by atoms with Gasteiger partial charge in [0.2, 0.25) is 0 Å². The quantitative estimate of drug-likeness (QED) is 0.619. The van der Waals surface area contributed by atoms with Crippen LogP contribution in [0, 0.1) is 5.92 Å². The molecule has 0 radical (unpaired) electrons. The Morgan fingerprint density at radius 3 is 3.00 bits per heavy atom. The Morgan fingerprint density at radius 1 is 1.64 bits per heavy atom. The van der Waals surface area contributed by atoms with Gasteiger partial charge < -0.3 is 5.11 Å². The molecule has 0 saturated carbocycles. The molecule has 0 aromatic rings. The number of aliphatic hydroxyl groups excluding tert-OH is 1. The summed E-state index contributed by atoms with van der Waals surface area (Å²) >= 11 is 0. The number of rotatable bonds is 3. The third kappa shape index (κ3) is 3.57. The van der Waals surface area contributed by atoms with E-state index in [0.29, 0.717) is 0 Å². The van der Waals surface area contributed by atoms with Gasteiger partial charge in [0.15, 0.2) is 0 Å². The Morgan fingerprint density at radius 2 is 2.45 bits per heavy atom. The average molecular weight is 154 g/mol. The minimum absolute atomic E-state index is 0.120. The van der Waals surface area contributed by atoms with Gasteiger partial charge in [0.05, 0.1) is 6.10 Å². The van der Waals surface area contributed by atoms with E-state index in [9.17, 15) is 0 Å². The molecule has 0 saturated heterocycles. The Kier molecular flexibility index (Phi) is 3.64. The third-order valence-corrected chi connectivity index (χ3v) is 2.31. The van der Waals surface area contributed by atoms with Crippen LogP contribution in [-0.4, -0.2) is 11.2 Å². The lowest BCUT2D eigenvalue weighted by atomic mass is 9.91. The molecule has 0 fully saturated rings. The molecule has 0 spiro atoms. The van der Waals surface area contributed by atoms with Crippen LogP contribution in [0.4, 0.5) is 0 Å². The van der Waals surface area contributed by atoms with E-state index in [-0.39, 0.29) is 6.10 Å². The molecule has 64 valence electrons. The van der Waals surface area contributed by atoms with Crippen LogP contribution in [-0.2, 0) is 0 Å². The zero-order valence-corrected chi connectivity index (χ0v) is 7.29. The second kappa shape index (κ2) is 4.55. The third-order valence-electron chi connectivity index (χ3n) is 2.31. The molecule has 0 heterocycles. The van der Waals surface area contributed by atoms with Gasteiger partial charge in [-0.1, -0.05) is 12.2 Å². The topological polar surface area (TPSA) is 20.2 Å². The molecule has 0 bridgehead atoms. The summed E-state index contributed by atoms with van der Waals surface area (Å²) in [6, 6.07) is 0. The van der Waals surface area contributed by atoms with E-state index in [1.165, 1.54) is 19.3 Å². The Hall–Kier alpha value is -0.300. The lowest BCUT2D eigenvalue weighted by molar-refractivity contribution is 0.175. The molecule has 1 heteroatoms. The molecule has 1 nitrogen and oxygen atoms in total. The van der Waals surface area contributed by atoms with Gasteiger partial charge in [-0.3, -0.25) is 0 Å². The maximum atomic E-state index is 9.06. The van der Waals surface area contributed by atoms with Crippen LogP contribution < -0.4 is 0 Å². The molecule has 1 N–H and O–H groups in total. The fraction of sp³-hybridized carbons (Fsp3) is 0.800. The van der Waals surface area contributed by atoms with Crippen molar-refractivity contribution in [2.45, 2.75) is 45.1 Å². The highest BCUT2D eigenvalue weighted by molar-refractivity contribution is 4.92. The van der Waals surface area contributed by atoms with Crippen molar-refractivity contribution in [3.05, 3.63) is 12.2 Å². The largest absolute Gasteiger partial charge is 0.393 e. The van der Waals surface area contributed by atoms with Gasteiger partial charge in [-0.2, -0.15) is 0 Å². The van der Waals surface area contributed by atoms with Crippen LogP contribution in [0.25, 0.3) is 0 Å². The molecular formula is C10H18O. The molecule has 0 aromatic carbocycles. The molecule has 2 atom stereocenters. The first kappa shape index (κ1) is 8.79. The molecule has 0 amide bonds. The maximum Gasteiger partial charge on any atom is 0.0512 e. The fourth-order valence-electron chi connectivity index (χ4n) is 1.58. The fourth-order valence-corrected chi connectivity index (χ4v) is 1.58. The Labute approximate surface area is 69.1 Å². The van der Waals surface area contributed by atoms with Crippen LogP contribution in [0.3, 0.4) is 0 Å². The normalized spacial score (nSPS) is 26.9. The van der Waals surface area contributed by atoms with Crippen molar-refractivity contribution in [3.63, 3.8) is 0 Å². The highest BCUT2D eigenvalue weighted by atomic mass is 16.3. The zero-order valence-electron chi connectivity index (χ0n) is 7.29. The van der Waals surface area contributed by atoms with Crippen LogP contribution in [0.1, 0.15) is 39.0 Å². The number of hydrogen-bond acceptors (Lipinski definition) is 1. The van der Waals surface area contributed by atoms with Gasteiger partial charge in [0.25, 0.3) is 0 Å². The van der Waals surface area contributed by atoms with E-state index in [1.807, 2.05) is 6.92 Å². The lowest BCUT2D eigenvalue weighted by Crippen LogP contribution is -2.06. The van der Waals surface area contributed by atoms with Gasteiger partial charge in [0.1, 0.15) is 0 Å². The summed E-state index contributed by atoms with van der Waals surface area (Å²) in [4.78, 5) is 0. The zero-order chi connectivity index (χ0) is 8.10. The summed E-state index contributed by atoms with van der Waals surface area (Å²) < 4.78 is 0. The van der Waals surface area contributed by atoms with Gasteiger partial charge in [-0.05, 0) is 44.9 Å². The first-order chi connectivity index (χ1) is 5.29. The van der Waals surface area contributed by atoms with E-state index < -0.39 is 0 Å². The molecule has 2 unspecified atom stereocenters. The van der Waals surface area contributed by atoms with E-state index in [0.717, 1.165) is 18.8 Å². The minimum Gasteiger partial charge on any atom is -0.393 e. The molecule has 0 aromatic heterocycles. The SMILES string of the molecule is CC(O)CCC1C=CCCC1. The average Bonchev–Trinajstić information content (AvgIpc) is 2.03. The van der Waals surface area contributed by atoms with Crippen molar-refractivity contribution in [2.75, 3.05) is 0 Å².